The molecular formula is C7H6F5OS. The summed E-state index contributed by atoms with van der Waals surface area (Å²) in [6.45, 7) is 0.326. The number of hydrogen-bond donors (Lipinski definition) is 1. The third-order valence-electron chi connectivity index (χ3n) is 1.45. The Balaban J connectivity index is 3.35. The topological polar surface area (TPSA) is 20.2 Å². The van der Waals surface area contributed by atoms with E-state index in [1.165, 1.54) is 0 Å². The van der Waals surface area contributed by atoms with E-state index in [1.54, 1.807) is 0 Å². The molecule has 0 aliphatic rings. The molecule has 0 aromatic heterocycles. The molecule has 0 heterocycles. The van der Waals surface area contributed by atoms with E-state index < -0.39 is 15.1 Å². The molecule has 0 aliphatic heterocycles. The Kier molecular flexibility index (Phi) is 1.93. The van der Waals surface area contributed by atoms with Crippen LogP contribution in [-0.4, -0.2) is 5.11 Å². The molecule has 0 saturated heterocycles. The fourth-order valence-electron chi connectivity index (χ4n) is 0.835. The molecule has 7 heteroatoms. The lowest BCUT2D eigenvalue weighted by Gasteiger charge is -2.40. The van der Waals surface area contributed by atoms with Gasteiger partial charge in [-0.15, -0.1) is 0 Å². The standard InChI is InChI=1S/C7H6F5OS/c8-14(9,10,11,12)7-3-1-2-6(4-7)5-13/h1-5,13H. The van der Waals surface area contributed by atoms with E-state index in [1.807, 2.05) is 0 Å². The zero-order valence-corrected chi connectivity index (χ0v) is 7.45. The highest BCUT2D eigenvalue weighted by Gasteiger charge is 2.65. The fraction of sp³-hybridized carbons (Fsp3) is 0. The molecule has 81 valence electrons. The van der Waals surface area contributed by atoms with Crippen molar-refractivity contribution in [3.05, 3.63) is 36.4 Å². The summed E-state index contributed by atoms with van der Waals surface area (Å²) >= 11 is 0. The van der Waals surface area contributed by atoms with Crippen molar-refractivity contribution in [1.82, 2.24) is 0 Å². The molecule has 1 aromatic carbocycles. The average molecular weight is 233 g/mol. The molecule has 1 aromatic rings. The van der Waals surface area contributed by atoms with E-state index >= 15 is 0 Å². The minimum atomic E-state index is -9.61. The summed E-state index contributed by atoms with van der Waals surface area (Å²) in [7, 11) is -9.61. The fourth-order valence-corrected chi connectivity index (χ4v) is 1.53. The first-order chi connectivity index (χ1) is 6.03. The van der Waals surface area contributed by atoms with Gasteiger partial charge in [0.05, 0.1) is 0 Å². The van der Waals surface area contributed by atoms with Crippen LogP contribution in [0.2, 0.25) is 0 Å². The van der Waals surface area contributed by atoms with Crippen molar-refractivity contribution in [2.45, 2.75) is 4.90 Å². The van der Waals surface area contributed by atoms with Gasteiger partial charge in [0.2, 0.25) is 0 Å². The van der Waals surface area contributed by atoms with E-state index in [2.05, 4.69) is 0 Å². The first kappa shape index (κ1) is 11.3. The van der Waals surface area contributed by atoms with Crippen LogP contribution in [0.4, 0.5) is 19.4 Å². The molecule has 1 radical (unpaired) electrons. The SMILES string of the molecule is O[CH]c1cccc(S(F)(F)(F)(F)F)c1. The first-order valence-corrected chi connectivity index (χ1v) is 5.30. The van der Waals surface area contributed by atoms with E-state index in [0.717, 1.165) is 12.1 Å². The number of rotatable bonds is 2. The monoisotopic (exact) mass is 233 g/mol. The Bertz CT molecular complexity index is 357. The highest BCUT2D eigenvalue weighted by molar-refractivity contribution is 8.45. The maximum atomic E-state index is 12.2. The molecular weight excluding hydrogens is 227 g/mol. The second-order valence-electron chi connectivity index (χ2n) is 2.67. The number of halogens is 5. The third-order valence-corrected chi connectivity index (χ3v) is 2.60. The van der Waals surface area contributed by atoms with Crippen molar-refractivity contribution in [2.75, 3.05) is 0 Å². The van der Waals surface area contributed by atoms with Gasteiger partial charge in [-0.25, -0.2) is 0 Å². The van der Waals surface area contributed by atoms with Crippen LogP contribution in [0.5, 0.6) is 0 Å². The van der Waals surface area contributed by atoms with Gasteiger partial charge in [0, 0.05) is 0 Å². The largest absolute Gasteiger partial charge is 0.385 e. The number of benzene rings is 1. The Morgan fingerprint density at radius 1 is 1.07 bits per heavy atom. The summed E-state index contributed by atoms with van der Waals surface area (Å²) in [5.74, 6) is 0. The lowest BCUT2D eigenvalue weighted by Crippen LogP contribution is -2.06. The lowest BCUT2D eigenvalue weighted by molar-refractivity contribution is 0.363. The van der Waals surface area contributed by atoms with Crippen LogP contribution in [0.25, 0.3) is 0 Å². The van der Waals surface area contributed by atoms with Gasteiger partial charge in [-0.2, -0.15) is 0 Å². The van der Waals surface area contributed by atoms with Gasteiger partial charge in [-0.3, -0.25) is 0 Å². The average Bonchev–Trinajstić information content (AvgIpc) is 2.01. The zero-order chi connectivity index (χ0) is 11.1. The van der Waals surface area contributed by atoms with Crippen LogP contribution >= 0.6 is 10.2 Å². The van der Waals surface area contributed by atoms with Gasteiger partial charge in [0.15, 0.2) is 0 Å². The van der Waals surface area contributed by atoms with Crippen LogP contribution < -0.4 is 0 Å². The van der Waals surface area contributed by atoms with Crippen molar-refractivity contribution < 1.29 is 24.5 Å². The predicted molar refractivity (Wildman–Crippen MR) is 43.2 cm³/mol. The number of aliphatic hydroxyl groups is 1. The summed E-state index contributed by atoms with van der Waals surface area (Å²) in [5.41, 5.74) is -0.323. The van der Waals surface area contributed by atoms with E-state index in [9.17, 15) is 19.4 Å². The molecule has 0 aliphatic carbocycles. The minimum absolute atomic E-state index is 0.196. The first-order valence-electron chi connectivity index (χ1n) is 3.34. The molecule has 1 N–H and O–H groups in total. The molecule has 1 rings (SSSR count). The Morgan fingerprint density at radius 3 is 2.07 bits per heavy atom. The molecule has 0 bridgehead atoms. The summed E-state index contributed by atoms with van der Waals surface area (Å²) < 4.78 is 60.8. The van der Waals surface area contributed by atoms with Gasteiger partial charge >= 0.3 is 10.2 Å². The molecule has 0 spiro atoms. The van der Waals surface area contributed by atoms with E-state index in [0.29, 0.717) is 6.61 Å². The van der Waals surface area contributed by atoms with Crippen LogP contribution in [0.15, 0.2) is 29.2 Å². The number of hydrogen-bond acceptors (Lipinski definition) is 1. The maximum Gasteiger partial charge on any atom is 0.310 e. The highest BCUT2D eigenvalue weighted by atomic mass is 32.5. The van der Waals surface area contributed by atoms with Gasteiger partial charge < -0.3 is 5.11 Å². The highest BCUT2D eigenvalue weighted by Crippen LogP contribution is 3.02. The van der Waals surface area contributed by atoms with E-state index in [-0.39, 0.29) is 17.7 Å². The van der Waals surface area contributed by atoms with Gasteiger partial charge in [0.25, 0.3) is 0 Å². The van der Waals surface area contributed by atoms with Gasteiger partial charge in [-0.05, 0) is 17.7 Å². The molecule has 0 unspecified atom stereocenters. The van der Waals surface area contributed by atoms with Crippen LogP contribution in [0.3, 0.4) is 0 Å². The molecule has 14 heavy (non-hydrogen) atoms. The maximum absolute atomic E-state index is 12.2. The third kappa shape index (κ3) is 2.58. The van der Waals surface area contributed by atoms with Crippen LogP contribution in [-0.2, 0) is 0 Å². The molecule has 0 atom stereocenters. The van der Waals surface area contributed by atoms with Crippen molar-refractivity contribution >= 4 is 10.2 Å². The summed E-state index contributed by atoms with van der Waals surface area (Å²) in [6, 6.07) is 2.35. The minimum Gasteiger partial charge on any atom is -0.385 e. The zero-order valence-electron chi connectivity index (χ0n) is 6.63. The Labute approximate surface area is 76.9 Å². The summed E-state index contributed by atoms with van der Waals surface area (Å²) in [5, 5.41) is 8.37. The number of aliphatic hydroxyl groups excluding tert-OH is 1. The summed E-state index contributed by atoms with van der Waals surface area (Å²) in [4.78, 5) is -2.01. The molecule has 0 saturated carbocycles. The second kappa shape index (κ2) is 2.40. The van der Waals surface area contributed by atoms with Crippen molar-refractivity contribution in [3.8, 4) is 0 Å². The predicted octanol–water partition coefficient (Wildman–Crippen LogP) is 4.23. The van der Waals surface area contributed by atoms with E-state index in [4.69, 9.17) is 5.11 Å². The second-order valence-corrected chi connectivity index (χ2v) is 5.08. The van der Waals surface area contributed by atoms with Crippen LogP contribution in [0, 0.1) is 6.61 Å². The summed E-state index contributed by atoms with van der Waals surface area (Å²) in [6.07, 6.45) is 0. The van der Waals surface area contributed by atoms with Crippen molar-refractivity contribution in [1.29, 1.82) is 0 Å². The van der Waals surface area contributed by atoms with Crippen molar-refractivity contribution in [2.24, 2.45) is 0 Å². The lowest BCUT2D eigenvalue weighted by atomic mass is 10.2. The molecule has 0 amide bonds. The normalized spacial score (nSPS) is 17.3. The van der Waals surface area contributed by atoms with Crippen LogP contribution in [0.1, 0.15) is 5.56 Å². The molecule has 0 fully saturated rings. The Hall–Kier alpha value is -0.820. The molecule has 1 nitrogen and oxygen atoms in total. The van der Waals surface area contributed by atoms with Crippen molar-refractivity contribution in [3.63, 3.8) is 0 Å². The van der Waals surface area contributed by atoms with Gasteiger partial charge in [-0.1, -0.05) is 31.6 Å². The quantitative estimate of drug-likeness (QED) is 0.758. The smallest absolute Gasteiger partial charge is 0.310 e. The van der Waals surface area contributed by atoms with Gasteiger partial charge in [0.1, 0.15) is 11.5 Å². The Morgan fingerprint density at radius 2 is 1.64 bits per heavy atom.